The monoisotopic (exact) mass is 395 g/mol. The minimum Gasteiger partial charge on any atom is -0.334 e. The predicted molar refractivity (Wildman–Crippen MR) is 94.0 cm³/mol. The Morgan fingerprint density at radius 2 is 2.04 bits per heavy atom. The molecule has 10 heteroatoms. The molecule has 0 atom stereocenters. The van der Waals surface area contributed by atoms with Crippen molar-refractivity contribution in [3.05, 3.63) is 33.8 Å². The summed E-state index contributed by atoms with van der Waals surface area (Å²) in [6, 6.07) is 2.90. The normalized spacial score (nSPS) is 17.7. The van der Waals surface area contributed by atoms with Gasteiger partial charge in [-0.05, 0) is 31.4 Å². The van der Waals surface area contributed by atoms with Gasteiger partial charge in [-0.25, -0.2) is 13.5 Å². The first-order chi connectivity index (χ1) is 12.9. The first kappa shape index (κ1) is 18.0. The highest BCUT2D eigenvalue weighted by Gasteiger charge is 2.37. The smallest absolute Gasteiger partial charge is 0.276 e. The van der Waals surface area contributed by atoms with Crippen LogP contribution in [0, 0.1) is 0 Å². The molecular weight excluding hydrogens is 376 g/mol. The lowest BCUT2D eigenvalue weighted by atomic mass is 9.93. The first-order valence-corrected chi connectivity index (χ1v) is 9.62. The van der Waals surface area contributed by atoms with Crippen LogP contribution in [0.15, 0.2) is 18.3 Å². The van der Waals surface area contributed by atoms with E-state index in [1.807, 2.05) is 0 Å². The molecule has 0 spiro atoms. The largest absolute Gasteiger partial charge is 0.334 e. The fourth-order valence-electron chi connectivity index (χ4n) is 3.16. The van der Waals surface area contributed by atoms with Crippen molar-refractivity contribution in [1.82, 2.24) is 24.8 Å². The van der Waals surface area contributed by atoms with E-state index in [9.17, 15) is 18.4 Å². The molecule has 2 aromatic rings. The molecule has 0 N–H and O–H groups in total. The lowest BCUT2D eigenvalue weighted by Crippen LogP contribution is -2.61. The molecule has 0 aromatic carbocycles. The summed E-state index contributed by atoms with van der Waals surface area (Å²) in [5, 5.41) is 8.00. The number of thiophene rings is 1. The van der Waals surface area contributed by atoms with Crippen molar-refractivity contribution >= 4 is 23.2 Å². The fourth-order valence-corrected chi connectivity index (χ4v) is 4.00. The molecule has 27 heavy (non-hydrogen) atoms. The van der Waals surface area contributed by atoms with Crippen LogP contribution in [-0.4, -0.2) is 62.8 Å². The predicted octanol–water partition coefficient (Wildman–Crippen LogP) is 2.60. The van der Waals surface area contributed by atoms with Crippen LogP contribution in [0.25, 0.3) is 0 Å². The molecule has 1 aliphatic heterocycles. The molecule has 144 valence electrons. The van der Waals surface area contributed by atoms with Gasteiger partial charge in [0.25, 0.3) is 18.2 Å². The molecule has 0 bridgehead atoms. The Morgan fingerprint density at radius 3 is 2.63 bits per heavy atom. The number of hydrogen-bond donors (Lipinski definition) is 0. The maximum Gasteiger partial charge on any atom is 0.276 e. The van der Waals surface area contributed by atoms with E-state index in [0.717, 1.165) is 24.2 Å². The Morgan fingerprint density at radius 1 is 1.30 bits per heavy atom. The number of carbonyl (C=O) groups is 2. The minimum atomic E-state index is -2.58. The van der Waals surface area contributed by atoms with Gasteiger partial charge in [0.2, 0.25) is 0 Å². The highest BCUT2D eigenvalue weighted by Crippen LogP contribution is 2.31. The van der Waals surface area contributed by atoms with Crippen LogP contribution in [0.3, 0.4) is 0 Å². The molecule has 2 aliphatic rings. The van der Waals surface area contributed by atoms with Crippen molar-refractivity contribution in [2.24, 2.45) is 0 Å². The zero-order valence-electron chi connectivity index (χ0n) is 14.7. The Balaban J connectivity index is 1.33. The second kappa shape index (κ2) is 6.99. The summed E-state index contributed by atoms with van der Waals surface area (Å²) >= 11 is 0.804. The third kappa shape index (κ3) is 3.33. The Hall–Kier alpha value is -2.36. The second-order valence-corrected chi connectivity index (χ2v) is 8.07. The summed E-state index contributed by atoms with van der Waals surface area (Å²) in [6.45, 7) is 0.787. The molecule has 2 fully saturated rings. The average Bonchev–Trinajstić information content (AvgIpc) is 3.20. The number of aromatic nitrogens is 3. The maximum atomic E-state index is 12.7. The highest BCUT2D eigenvalue weighted by molar-refractivity contribution is 7.14. The highest BCUT2D eigenvalue weighted by atomic mass is 32.1. The van der Waals surface area contributed by atoms with Crippen LogP contribution >= 0.6 is 11.3 Å². The van der Waals surface area contributed by atoms with Gasteiger partial charge in [0.05, 0.1) is 28.0 Å². The molecule has 2 amide bonds. The number of hydrogen-bond acceptors (Lipinski definition) is 5. The third-order valence-electron chi connectivity index (χ3n) is 5.25. The van der Waals surface area contributed by atoms with Gasteiger partial charge in [0.15, 0.2) is 5.69 Å². The van der Waals surface area contributed by atoms with Crippen molar-refractivity contribution in [1.29, 1.82) is 0 Å². The van der Waals surface area contributed by atoms with E-state index < -0.39 is 6.43 Å². The standard InChI is InChI=1S/C17H19F2N5O2S/c1-22(17(26)14-6-5-13(27-14)15(18)19)11-7-23(8-11)16(25)12-9-24(21-20-12)10-3-2-4-10/h5-6,9-11,15H,2-4,7-8H2,1H3. The topological polar surface area (TPSA) is 71.3 Å². The molecule has 0 radical (unpaired) electrons. The van der Waals surface area contributed by atoms with E-state index in [-0.39, 0.29) is 27.6 Å². The van der Waals surface area contributed by atoms with Crippen molar-refractivity contribution < 1.29 is 18.4 Å². The summed E-state index contributed by atoms with van der Waals surface area (Å²) in [5.41, 5.74) is 0.314. The van der Waals surface area contributed by atoms with Crippen LogP contribution in [0.2, 0.25) is 0 Å². The van der Waals surface area contributed by atoms with Crippen molar-refractivity contribution in [3.63, 3.8) is 0 Å². The Kier molecular flexibility index (Phi) is 4.67. The molecular formula is C17H19F2N5O2S. The van der Waals surface area contributed by atoms with E-state index in [0.29, 0.717) is 24.8 Å². The average molecular weight is 395 g/mol. The van der Waals surface area contributed by atoms with Gasteiger partial charge in [0.1, 0.15) is 0 Å². The lowest BCUT2D eigenvalue weighted by Gasteiger charge is -2.43. The molecule has 0 unspecified atom stereocenters. The van der Waals surface area contributed by atoms with Crippen LogP contribution in [-0.2, 0) is 0 Å². The fraction of sp³-hybridized carbons (Fsp3) is 0.529. The van der Waals surface area contributed by atoms with E-state index in [2.05, 4.69) is 10.3 Å². The summed E-state index contributed by atoms with van der Waals surface area (Å²) < 4.78 is 27.1. The number of likely N-dealkylation sites (tertiary alicyclic amines) is 1. The third-order valence-corrected chi connectivity index (χ3v) is 6.33. The zero-order valence-corrected chi connectivity index (χ0v) is 15.5. The minimum absolute atomic E-state index is 0.119. The number of halogens is 2. The molecule has 1 saturated carbocycles. The zero-order chi connectivity index (χ0) is 19.1. The van der Waals surface area contributed by atoms with Crippen molar-refractivity contribution in [3.8, 4) is 0 Å². The number of carbonyl (C=O) groups excluding carboxylic acids is 2. The Bertz CT molecular complexity index is 857. The van der Waals surface area contributed by atoms with E-state index in [1.165, 1.54) is 23.5 Å². The van der Waals surface area contributed by atoms with Gasteiger partial charge in [-0.1, -0.05) is 5.21 Å². The summed E-state index contributed by atoms with van der Waals surface area (Å²) in [6.07, 6.45) is 2.40. The SMILES string of the molecule is CN(C(=O)c1ccc(C(F)F)s1)C1CN(C(=O)c2cn(C3CCC3)nn2)C1. The summed E-state index contributed by atoms with van der Waals surface area (Å²) in [7, 11) is 1.63. The summed E-state index contributed by atoms with van der Waals surface area (Å²) in [4.78, 5) is 28.2. The quantitative estimate of drug-likeness (QED) is 0.780. The molecule has 1 saturated heterocycles. The summed E-state index contributed by atoms with van der Waals surface area (Å²) in [5.74, 6) is -0.506. The van der Waals surface area contributed by atoms with Gasteiger partial charge >= 0.3 is 0 Å². The van der Waals surface area contributed by atoms with E-state index >= 15 is 0 Å². The second-order valence-electron chi connectivity index (χ2n) is 6.95. The Labute approximate surface area is 158 Å². The van der Waals surface area contributed by atoms with Crippen molar-refractivity contribution in [2.45, 2.75) is 37.8 Å². The number of alkyl halides is 2. The lowest BCUT2D eigenvalue weighted by molar-refractivity contribution is 0.0295. The van der Waals surface area contributed by atoms with Crippen LogP contribution in [0.5, 0.6) is 0 Å². The van der Waals surface area contributed by atoms with Gasteiger partial charge in [-0.2, -0.15) is 0 Å². The maximum absolute atomic E-state index is 12.7. The van der Waals surface area contributed by atoms with Crippen LogP contribution in [0.4, 0.5) is 8.78 Å². The number of likely N-dealkylation sites (N-methyl/N-ethyl adjacent to an activating group) is 1. The van der Waals surface area contributed by atoms with Crippen molar-refractivity contribution in [2.75, 3.05) is 20.1 Å². The van der Waals surface area contributed by atoms with Crippen LogP contribution < -0.4 is 0 Å². The number of nitrogens with zero attached hydrogens (tertiary/aromatic N) is 5. The molecule has 3 heterocycles. The van der Waals surface area contributed by atoms with Gasteiger partial charge < -0.3 is 9.80 Å². The van der Waals surface area contributed by atoms with Gasteiger partial charge in [0, 0.05) is 20.1 Å². The number of amides is 2. The molecule has 1 aliphatic carbocycles. The van der Waals surface area contributed by atoms with E-state index in [4.69, 9.17) is 0 Å². The molecule has 4 rings (SSSR count). The number of rotatable bonds is 5. The molecule has 7 nitrogen and oxygen atoms in total. The van der Waals surface area contributed by atoms with Crippen LogP contribution in [0.1, 0.15) is 56.8 Å². The van der Waals surface area contributed by atoms with Gasteiger partial charge in [-0.3, -0.25) is 9.59 Å². The van der Waals surface area contributed by atoms with Gasteiger partial charge in [-0.15, -0.1) is 16.4 Å². The molecule has 2 aromatic heterocycles. The first-order valence-electron chi connectivity index (χ1n) is 8.80. The van der Waals surface area contributed by atoms with E-state index in [1.54, 1.807) is 22.8 Å².